The third kappa shape index (κ3) is 2.99. The van der Waals surface area contributed by atoms with E-state index in [9.17, 15) is 19.2 Å². The number of anilines is 2. The molecular formula is C34H26N2O4. The van der Waals surface area contributed by atoms with Crippen molar-refractivity contribution in [2.24, 2.45) is 41.4 Å². The lowest BCUT2D eigenvalue weighted by molar-refractivity contribution is -0.129. The van der Waals surface area contributed by atoms with Gasteiger partial charge in [0, 0.05) is 11.8 Å². The maximum Gasteiger partial charge on any atom is 0.238 e. The van der Waals surface area contributed by atoms with Gasteiger partial charge in [0.25, 0.3) is 0 Å². The Morgan fingerprint density at radius 3 is 1.68 bits per heavy atom. The molecule has 6 nitrogen and oxygen atoms in total. The zero-order valence-corrected chi connectivity index (χ0v) is 21.6. The van der Waals surface area contributed by atoms with Gasteiger partial charge in [-0.05, 0) is 47.7 Å². The van der Waals surface area contributed by atoms with Crippen LogP contribution < -0.4 is 9.80 Å². The second-order valence-corrected chi connectivity index (χ2v) is 11.4. The van der Waals surface area contributed by atoms with E-state index < -0.39 is 23.7 Å². The molecule has 7 unspecified atom stereocenters. The van der Waals surface area contributed by atoms with Crippen molar-refractivity contribution in [3.63, 3.8) is 0 Å². The van der Waals surface area contributed by atoms with Crippen molar-refractivity contribution in [2.75, 3.05) is 9.80 Å². The molecule has 0 aromatic heterocycles. The summed E-state index contributed by atoms with van der Waals surface area (Å²) in [7, 11) is 0. The van der Waals surface area contributed by atoms with Gasteiger partial charge in [-0.1, -0.05) is 84.5 Å². The minimum absolute atomic E-state index is 0.180. The average Bonchev–Trinajstić information content (AvgIpc) is 3.43. The summed E-state index contributed by atoms with van der Waals surface area (Å²) in [6.45, 7) is 0. The predicted octanol–water partition coefficient (Wildman–Crippen LogP) is 4.89. The third-order valence-electron chi connectivity index (χ3n) is 9.66. The Balaban J connectivity index is 1.30. The number of imide groups is 2. The molecule has 3 aromatic rings. The molecule has 2 saturated heterocycles. The van der Waals surface area contributed by atoms with Crippen LogP contribution in [0.1, 0.15) is 12.0 Å². The van der Waals surface area contributed by atoms with E-state index in [1.54, 1.807) is 24.3 Å². The highest BCUT2D eigenvalue weighted by Gasteiger charge is 2.67. The first kappa shape index (κ1) is 23.3. The minimum atomic E-state index is -0.567. The number of allylic oxidation sites excluding steroid dienone is 4. The molecule has 2 aliphatic heterocycles. The van der Waals surface area contributed by atoms with E-state index in [0.29, 0.717) is 17.8 Å². The summed E-state index contributed by atoms with van der Waals surface area (Å²) in [5.74, 6) is -3.88. The molecule has 4 amide bonds. The minimum Gasteiger partial charge on any atom is -0.274 e. The van der Waals surface area contributed by atoms with Crippen molar-refractivity contribution in [3.05, 3.63) is 114 Å². The average molecular weight is 527 g/mol. The van der Waals surface area contributed by atoms with Gasteiger partial charge in [-0.25, -0.2) is 0 Å². The molecule has 2 bridgehead atoms. The van der Waals surface area contributed by atoms with Crippen molar-refractivity contribution in [1.82, 2.24) is 0 Å². The van der Waals surface area contributed by atoms with Crippen molar-refractivity contribution in [2.45, 2.75) is 6.42 Å². The van der Waals surface area contributed by atoms with Gasteiger partial charge in [0.05, 0.1) is 35.0 Å². The highest BCUT2D eigenvalue weighted by molar-refractivity contribution is 6.24. The van der Waals surface area contributed by atoms with E-state index in [0.717, 1.165) is 16.7 Å². The van der Waals surface area contributed by atoms with Crippen LogP contribution in [-0.4, -0.2) is 23.6 Å². The molecule has 6 aliphatic rings. The first-order valence-corrected chi connectivity index (χ1v) is 13.9. The number of nitrogens with zero attached hydrogens (tertiary/aromatic N) is 2. The summed E-state index contributed by atoms with van der Waals surface area (Å²) in [6, 6.07) is 28.2. The number of para-hydroxylation sites is 2. The van der Waals surface area contributed by atoms with Gasteiger partial charge in [0.1, 0.15) is 0 Å². The molecular weight excluding hydrogens is 500 g/mol. The lowest BCUT2D eigenvalue weighted by atomic mass is 9.49. The summed E-state index contributed by atoms with van der Waals surface area (Å²) in [5, 5.41) is 0. The lowest BCUT2D eigenvalue weighted by Gasteiger charge is -2.51. The fourth-order valence-electron chi connectivity index (χ4n) is 8.18. The first-order valence-electron chi connectivity index (χ1n) is 13.9. The number of hydrogen-bond donors (Lipinski definition) is 0. The Morgan fingerprint density at radius 2 is 1.05 bits per heavy atom. The van der Waals surface area contributed by atoms with Gasteiger partial charge in [-0.2, -0.15) is 0 Å². The molecule has 3 fully saturated rings. The van der Waals surface area contributed by atoms with E-state index in [1.807, 2.05) is 72.8 Å². The van der Waals surface area contributed by atoms with Crippen molar-refractivity contribution in [3.8, 4) is 0 Å². The van der Waals surface area contributed by atoms with Crippen LogP contribution in [0.5, 0.6) is 0 Å². The maximum absolute atomic E-state index is 14.1. The van der Waals surface area contributed by atoms with Crippen LogP contribution in [0.15, 0.2) is 109 Å². The SMILES string of the molecule is O=C1C2CC(c3ccccc3)=C3C4C=CC(C5C(=O)N(c6ccccc6)C(=O)C45)C3C2C(=O)N1c1ccccc1. The molecule has 9 rings (SSSR count). The molecule has 4 aliphatic carbocycles. The summed E-state index contributed by atoms with van der Waals surface area (Å²) in [6.07, 6.45) is 4.57. The topological polar surface area (TPSA) is 74.8 Å². The number of amides is 4. The van der Waals surface area contributed by atoms with Crippen molar-refractivity contribution >= 4 is 40.6 Å². The van der Waals surface area contributed by atoms with Gasteiger partial charge in [-0.15, -0.1) is 0 Å². The Morgan fingerprint density at radius 1 is 0.525 bits per heavy atom. The second-order valence-electron chi connectivity index (χ2n) is 11.4. The molecule has 40 heavy (non-hydrogen) atoms. The van der Waals surface area contributed by atoms with Crippen LogP contribution >= 0.6 is 0 Å². The first-order chi connectivity index (χ1) is 19.6. The quantitative estimate of drug-likeness (QED) is 0.360. The van der Waals surface area contributed by atoms with Crippen molar-refractivity contribution in [1.29, 1.82) is 0 Å². The Kier molecular flexibility index (Phi) is 4.93. The Bertz CT molecular complexity index is 1640. The fraction of sp³-hybridized carbons (Fsp3) is 0.235. The van der Waals surface area contributed by atoms with E-state index in [2.05, 4.69) is 6.08 Å². The molecule has 196 valence electrons. The number of hydrogen-bond acceptors (Lipinski definition) is 4. The predicted molar refractivity (Wildman–Crippen MR) is 149 cm³/mol. The van der Waals surface area contributed by atoms with Crippen LogP contribution in [0.4, 0.5) is 11.4 Å². The molecule has 1 saturated carbocycles. The number of benzene rings is 3. The number of rotatable bonds is 3. The van der Waals surface area contributed by atoms with Crippen molar-refractivity contribution < 1.29 is 19.2 Å². The number of carbonyl (C=O) groups is 4. The van der Waals surface area contributed by atoms with Gasteiger partial charge in [0.15, 0.2) is 0 Å². The van der Waals surface area contributed by atoms with Crippen LogP contribution in [0.2, 0.25) is 0 Å². The van der Waals surface area contributed by atoms with Gasteiger partial charge < -0.3 is 0 Å². The van der Waals surface area contributed by atoms with Crippen LogP contribution in [0.3, 0.4) is 0 Å². The highest BCUT2D eigenvalue weighted by atomic mass is 16.2. The molecule has 0 N–H and O–H groups in total. The molecule has 2 heterocycles. The lowest BCUT2D eigenvalue weighted by Crippen LogP contribution is -2.51. The monoisotopic (exact) mass is 526 g/mol. The van der Waals surface area contributed by atoms with Crippen LogP contribution in [-0.2, 0) is 19.2 Å². The normalized spacial score (nSPS) is 32.0. The van der Waals surface area contributed by atoms with E-state index >= 15 is 0 Å². The molecule has 0 radical (unpaired) electrons. The summed E-state index contributed by atoms with van der Waals surface area (Å²) < 4.78 is 0. The van der Waals surface area contributed by atoms with E-state index in [1.165, 1.54) is 9.80 Å². The maximum atomic E-state index is 14.1. The zero-order chi connectivity index (χ0) is 27.1. The number of carbonyl (C=O) groups excluding carboxylic acids is 4. The fourth-order valence-corrected chi connectivity index (χ4v) is 8.18. The largest absolute Gasteiger partial charge is 0.274 e. The van der Waals surface area contributed by atoms with Gasteiger partial charge in [-0.3, -0.25) is 29.0 Å². The smallest absolute Gasteiger partial charge is 0.238 e. The van der Waals surface area contributed by atoms with Gasteiger partial charge in [0.2, 0.25) is 23.6 Å². The van der Waals surface area contributed by atoms with Crippen LogP contribution in [0, 0.1) is 41.4 Å². The second kappa shape index (κ2) is 8.46. The zero-order valence-electron chi connectivity index (χ0n) is 21.6. The summed E-state index contributed by atoms with van der Waals surface area (Å²) in [4.78, 5) is 58.7. The summed E-state index contributed by atoms with van der Waals surface area (Å²) in [5.41, 5.74) is 4.26. The molecule has 6 heteroatoms. The van der Waals surface area contributed by atoms with E-state index in [4.69, 9.17) is 0 Å². The van der Waals surface area contributed by atoms with Gasteiger partial charge >= 0.3 is 0 Å². The van der Waals surface area contributed by atoms with Crippen LogP contribution in [0.25, 0.3) is 5.57 Å². The summed E-state index contributed by atoms with van der Waals surface area (Å²) >= 11 is 0. The molecule has 0 spiro atoms. The standard InChI is InChI=1S/C34H26N2O4/c37-31-25-18-24(19-10-4-1-5-11-19)26-22-16-17-23(27(26)30(25)34(40)35(31)20-12-6-2-7-13-20)29-28(22)32(38)36(33(29)39)21-14-8-3-9-15-21/h1-17,22-23,25,27-30H,18H2. The third-order valence-corrected chi connectivity index (χ3v) is 9.66. The molecule has 7 atom stereocenters. The molecule has 3 aromatic carbocycles. The highest BCUT2D eigenvalue weighted by Crippen LogP contribution is 2.63. The Hall–Kier alpha value is -4.58. The number of fused-ring (bicyclic) bond motifs is 1. The Labute approximate surface area is 231 Å². The van der Waals surface area contributed by atoms with E-state index in [-0.39, 0.29) is 41.4 Å².